The van der Waals surface area contributed by atoms with Crippen LogP contribution >= 0.6 is 0 Å². The van der Waals surface area contributed by atoms with Crippen LogP contribution in [0.5, 0.6) is 0 Å². The SMILES string of the molecule is CCN1CCN(CCCCNC(=O)N(C)C(C)c2ccccn2)CC1. The summed E-state index contributed by atoms with van der Waals surface area (Å²) in [6, 6.07) is 5.72. The van der Waals surface area contributed by atoms with Crippen LogP contribution in [0.3, 0.4) is 0 Å². The Hall–Kier alpha value is -1.66. The van der Waals surface area contributed by atoms with Crippen molar-refractivity contribution in [2.75, 3.05) is 52.9 Å². The molecule has 0 aliphatic carbocycles. The maximum atomic E-state index is 12.3. The van der Waals surface area contributed by atoms with Crippen molar-refractivity contribution in [1.82, 2.24) is 25.0 Å². The molecule has 140 valence electrons. The highest BCUT2D eigenvalue weighted by Crippen LogP contribution is 2.15. The first-order chi connectivity index (χ1) is 12.1. The Morgan fingerprint density at radius 3 is 2.60 bits per heavy atom. The van der Waals surface area contributed by atoms with Gasteiger partial charge in [0.2, 0.25) is 0 Å². The lowest BCUT2D eigenvalue weighted by atomic mass is 10.2. The quantitative estimate of drug-likeness (QED) is 0.733. The number of rotatable bonds is 8. The first-order valence-corrected chi connectivity index (χ1v) is 9.48. The van der Waals surface area contributed by atoms with E-state index in [2.05, 4.69) is 27.0 Å². The van der Waals surface area contributed by atoms with Gasteiger partial charge < -0.3 is 20.0 Å². The number of amides is 2. The molecule has 2 rings (SSSR count). The summed E-state index contributed by atoms with van der Waals surface area (Å²) in [5, 5.41) is 3.02. The van der Waals surface area contributed by atoms with Gasteiger partial charge in [0.05, 0.1) is 11.7 Å². The highest BCUT2D eigenvalue weighted by atomic mass is 16.2. The Labute approximate surface area is 152 Å². The molecule has 1 saturated heterocycles. The zero-order valence-corrected chi connectivity index (χ0v) is 15.9. The van der Waals surface area contributed by atoms with Gasteiger partial charge in [0, 0.05) is 46.0 Å². The molecule has 1 aliphatic heterocycles. The number of hydrogen-bond donors (Lipinski definition) is 1. The fourth-order valence-corrected chi connectivity index (χ4v) is 3.11. The van der Waals surface area contributed by atoms with E-state index in [1.165, 1.54) is 26.2 Å². The number of nitrogens with one attached hydrogen (secondary N) is 1. The summed E-state index contributed by atoms with van der Waals surface area (Å²) in [6.07, 6.45) is 3.91. The average Bonchev–Trinajstić information content (AvgIpc) is 2.67. The van der Waals surface area contributed by atoms with Gasteiger partial charge in [-0.3, -0.25) is 4.98 Å². The Morgan fingerprint density at radius 1 is 1.24 bits per heavy atom. The molecule has 1 fully saturated rings. The smallest absolute Gasteiger partial charge is 0.317 e. The molecule has 0 bridgehead atoms. The number of pyridine rings is 1. The average molecular weight is 348 g/mol. The third kappa shape index (κ3) is 6.29. The van der Waals surface area contributed by atoms with Gasteiger partial charge in [-0.25, -0.2) is 4.79 Å². The number of urea groups is 1. The van der Waals surface area contributed by atoms with Gasteiger partial charge >= 0.3 is 6.03 Å². The van der Waals surface area contributed by atoms with E-state index in [4.69, 9.17) is 0 Å². The minimum atomic E-state index is -0.0327. The lowest BCUT2D eigenvalue weighted by molar-refractivity contribution is 0.135. The molecule has 1 N–H and O–H groups in total. The van der Waals surface area contributed by atoms with Gasteiger partial charge in [0.25, 0.3) is 0 Å². The summed E-state index contributed by atoms with van der Waals surface area (Å²) in [5.41, 5.74) is 0.909. The standard InChI is InChI=1S/C19H33N5O/c1-4-23-13-15-24(16-14-23)12-8-7-11-21-19(25)22(3)17(2)18-9-5-6-10-20-18/h5-6,9-10,17H,4,7-8,11-16H2,1-3H3,(H,21,25). The second-order valence-corrected chi connectivity index (χ2v) is 6.76. The van der Waals surface area contributed by atoms with Crippen molar-refractivity contribution in [1.29, 1.82) is 0 Å². The number of hydrogen-bond acceptors (Lipinski definition) is 4. The summed E-state index contributed by atoms with van der Waals surface area (Å²) in [7, 11) is 1.82. The van der Waals surface area contributed by atoms with Crippen LogP contribution in [0.4, 0.5) is 4.79 Å². The zero-order chi connectivity index (χ0) is 18.1. The Kier molecular flexibility index (Phi) is 8.15. The van der Waals surface area contributed by atoms with Crippen molar-refractivity contribution in [2.24, 2.45) is 0 Å². The number of unbranched alkanes of at least 4 members (excludes halogenated alkanes) is 1. The maximum Gasteiger partial charge on any atom is 0.317 e. The van der Waals surface area contributed by atoms with E-state index in [0.717, 1.165) is 38.2 Å². The Morgan fingerprint density at radius 2 is 1.96 bits per heavy atom. The van der Waals surface area contributed by atoms with Gasteiger partial charge in [-0.2, -0.15) is 0 Å². The van der Waals surface area contributed by atoms with Crippen LogP contribution in [0.15, 0.2) is 24.4 Å². The van der Waals surface area contributed by atoms with E-state index in [1.807, 2.05) is 32.2 Å². The van der Waals surface area contributed by atoms with E-state index in [1.54, 1.807) is 11.1 Å². The third-order valence-corrected chi connectivity index (χ3v) is 5.11. The molecule has 1 unspecified atom stereocenters. The summed E-state index contributed by atoms with van der Waals surface area (Å²) in [6.45, 7) is 12.0. The van der Waals surface area contributed by atoms with Crippen molar-refractivity contribution in [3.05, 3.63) is 30.1 Å². The first kappa shape index (κ1) is 19.7. The predicted molar refractivity (Wildman–Crippen MR) is 102 cm³/mol. The van der Waals surface area contributed by atoms with Crippen LogP contribution in [0.25, 0.3) is 0 Å². The number of carbonyl (C=O) groups is 1. The molecular formula is C19H33N5O. The van der Waals surface area contributed by atoms with Crippen molar-refractivity contribution in [3.63, 3.8) is 0 Å². The van der Waals surface area contributed by atoms with Crippen molar-refractivity contribution >= 4 is 6.03 Å². The van der Waals surface area contributed by atoms with E-state index in [0.29, 0.717) is 0 Å². The Balaban J connectivity index is 1.59. The molecule has 6 nitrogen and oxygen atoms in total. The highest BCUT2D eigenvalue weighted by Gasteiger charge is 2.18. The molecule has 25 heavy (non-hydrogen) atoms. The summed E-state index contributed by atoms with van der Waals surface area (Å²) in [5.74, 6) is 0. The lowest BCUT2D eigenvalue weighted by Gasteiger charge is -2.34. The normalized spacial score (nSPS) is 17.2. The molecular weight excluding hydrogens is 314 g/mol. The summed E-state index contributed by atoms with van der Waals surface area (Å²) in [4.78, 5) is 23.3. The van der Waals surface area contributed by atoms with E-state index < -0.39 is 0 Å². The molecule has 2 heterocycles. The van der Waals surface area contributed by atoms with E-state index in [9.17, 15) is 4.79 Å². The molecule has 1 atom stereocenters. The van der Waals surface area contributed by atoms with Gasteiger partial charge in [0.15, 0.2) is 0 Å². The molecule has 0 spiro atoms. The van der Waals surface area contributed by atoms with Crippen molar-refractivity contribution in [3.8, 4) is 0 Å². The Bertz CT molecular complexity index is 502. The molecule has 6 heteroatoms. The maximum absolute atomic E-state index is 12.3. The molecule has 1 aliphatic rings. The zero-order valence-electron chi connectivity index (χ0n) is 15.9. The highest BCUT2D eigenvalue weighted by molar-refractivity contribution is 5.74. The van der Waals surface area contributed by atoms with Crippen molar-refractivity contribution in [2.45, 2.75) is 32.7 Å². The van der Waals surface area contributed by atoms with Gasteiger partial charge in [-0.1, -0.05) is 13.0 Å². The van der Waals surface area contributed by atoms with Crippen LogP contribution < -0.4 is 5.32 Å². The number of aromatic nitrogens is 1. The van der Waals surface area contributed by atoms with Crippen LogP contribution in [-0.4, -0.2) is 78.6 Å². The minimum Gasteiger partial charge on any atom is -0.338 e. The second-order valence-electron chi connectivity index (χ2n) is 6.76. The molecule has 0 radical (unpaired) electrons. The van der Waals surface area contributed by atoms with Crippen molar-refractivity contribution < 1.29 is 4.79 Å². The topological polar surface area (TPSA) is 51.7 Å². The largest absolute Gasteiger partial charge is 0.338 e. The van der Waals surface area contributed by atoms with Crippen LogP contribution in [-0.2, 0) is 0 Å². The molecule has 1 aromatic rings. The second kappa shape index (κ2) is 10.4. The minimum absolute atomic E-state index is 0.0314. The third-order valence-electron chi connectivity index (χ3n) is 5.11. The number of nitrogens with zero attached hydrogens (tertiary/aromatic N) is 4. The molecule has 0 saturated carbocycles. The van der Waals surface area contributed by atoms with Crippen LogP contribution in [0, 0.1) is 0 Å². The molecule has 2 amide bonds. The van der Waals surface area contributed by atoms with E-state index in [-0.39, 0.29) is 12.1 Å². The summed E-state index contributed by atoms with van der Waals surface area (Å²) >= 11 is 0. The van der Waals surface area contributed by atoms with E-state index >= 15 is 0 Å². The van der Waals surface area contributed by atoms with Crippen LogP contribution in [0.2, 0.25) is 0 Å². The lowest BCUT2D eigenvalue weighted by Crippen LogP contribution is -2.46. The van der Waals surface area contributed by atoms with Gasteiger partial charge in [-0.15, -0.1) is 0 Å². The summed E-state index contributed by atoms with van der Waals surface area (Å²) < 4.78 is 0. The molecule has 1 aromatic heterocycles. The number of piperazine rings is 1. The number of carbonyl (C=O) groups excluding carboxylic acids is 1. The monoisotopic (exact) mass is 347 g/mol. The van der Waals surface area contributed by atoms with Gasteiger partial charge in [-0.05, 0) is 45.0 Å². The fraction of sp³-hybridized carbons (Fsp3) is 0.684. The van der Waals surface area contributed by atoms with Gasteiger partial charge in [0.1, 0.15) is 0 Å². The first-order valence-electron chi connectivity index (χ1n) is 9.48. The fourth-order valence-electron chi connectivity index (χ4n) is 3.11. The predicted octanol–water partition coefficient (Wildman–Crippen LogP) is 2.20. The number of likely N-dealkylation sites (N-methyl/N-ethyl adjacent to an activating group) is 1. The molecule has 0 aromatic carbocycles. The van der Waals surface area contributed by atoms with Crippen LogP contribution in [0.1, 0.15) is 38.4 Å².